The van der Waals surface area contributed by atoms with Crippen molar-refractivity contribution in [1.29, 1.82) is 0 Å². The first kappa shape index (κ1) is 20.3. The minimum Gasteiger partial charge on any atom is -0.353 e. The zero-order valence-electron chi connectivity index (χ0n) is 16.9. The lowest BCUT2D eigenvalue weighted by molar-refractivity contribution is -0.122. The van der Waals surface area contributed by atoms with E-state index in [9.17, 15) is 9.59 Å². The summed E-state index contributed by atoms with van der Waals surface area (Å²) in [6, 6.07) is 7.55. The number of rotatable bonds is 6. The number of piperidine rings is 1. The first-order chi connectivity index (χ1) is 14.1. The number of nitrogens with zero attached hydrogens (tertiary/aromatic N) is 2. The highest BCUT2D eigenvalue weighted by molar-refractivity contribution is 7.71. The van der Waals surface area contributed by atoms with Crippen LogP contribution < -0.4 is 10.9 Å². The van der Waals surface area contributed by atoms with Gasteiger partial charge in [0, 0.05) is 38.6 Å². The summed E-state index contributed by atoms with van der Waals surface area (Å²) in [6.07, 6.45) is 7.82. The summed E-state index contributed by atoms with van der Waals surface area (Å²) in [5.41, 5.74) is 0.588. The molecule has 0 spiro atoms. The molecule has 2 aliphatic rings. The third-order valence-electron chi connectivity index (χ3n) is 6.40. The van der Waals surface area contributed by atoms with Crippen LogP contribution in [0.2, 0.25) is 0 Å². The predicted molar refractivity (Wildman–Crippen MR) is 118 cm³/mol. The normalized spacial score (nSPS) is 19.0. The Bertz CT molecular complexity index is 969. The number of benzene rings is 1. The number of para-hydroxylation sites is 1. The Hall–Kier alpha value is -1.99. The van der Waals surface area contributed by atoms with Crippen LogP contribution in [0.1, 0.15) is 44.9 Å². The Morgan fingerprint density at radius 2 is 1.86 bits per heavy atom. The molecule has 7 heteroatoms. The number of nitrogens with one attached hydrogen (secondary N) is 2. The average Bonchev–Trinajstić information content (AvgIpc) is 3.22. The minimum absolute atomic E-state index is 0.00583. The molecule has 0 bridgehead atoms. The molecule has 2 fully saturated rings. The number of amides is 1. The molecule has 0 atom stereocenters. The highest BCUT2D eigenvalue weighted by Crippen LogP contribution is 2.26. The van der Waals surface area contributed by atoms with Crippen LogP contribution in [0.15, 0.2) is 29.1 Å². The smallest absolute Gasteiger partial charge is 0.262 e. The van der Waals surface area contributed by atoms with E-state index in [0.717, 1.165) is 37.4 Å². The van der Waals surface area contributed by atoms with Gasteiger partial charge in [-0.15, -0.1) is 0 Å². The molecule has 2 heterocycles. The van der Waals surface area contributed by atoms with Gasteiger partial charge in [-0.3, -0.25) is 14.2 Å². The summed E-state index contributed by atoms with van der Waals surface area (Å²) in [4.78, 5) is 30.8. The second kappa shape index (κ2) is 9.22. The molecule has 6 nitrogen and oxygen atoms in total. The highest BCUT2D eigenvalue weighted by Gasteiger charge is 2.24. The predicted octanol–water partition coefficient (Wildman–Crippen LogP) is 3.22. The quantitative estimate of drug-likeness (QED) is 0.712. The maximum Gasteiger partial charge on any atom is 0.262 e. The lowest BCUT2D eigenvalue weighted by Gasteiger charge is -2.33. The summed E-state index contributed by atoms with van der Waals surface area (Å²) < 4.78 is 1.85. The van der Waals surface area contributed by atoms with E-state index in [1.165, 1.54) is 36.8 Å². The number of aromatic nitrogens is 2. The fourth-order valence-electron chi connectivity index (χ4n) is 4.73. The van der Waals surface area contributed by atoms with Gasteiger partial charge in [-0.05, 0) is 56.0 Å². The van der Waals surface area contributed by atoms with Gasteiger partial charge in [-0.25, -0.2) is 0 Å². The van der Waals surface area contributed by atoms with Crippen molar-refractivity contribution in [2.24, 2.45) is 5.92 Å². The molecular weight excluding hydrogens is 384 g/mol. The fraction of sp³-hybridized carbons (Fsp3) is 0.591. The van der Waals surface area contributed by atoms with Crippen molar-refractivity contribution in [2.75, 3.05) is 19.6 Å². The number of aromatic amines is 1. The van der Waals surface area contributed by atoms with Crippen molar-refractivity contribution in [3.63, 3.8) is 0 Å². The summed E-state index contributed by atoms with van der Waals surface area (Å²) in [6.45, 7) is 3.66. The third-order valence-corrected chi connectivity index (χ3v) is 6.72. The molecule has 1 aromatic carbocycles. The molecule has 4 rings (SSSR count). The third kappa shape index (κ3) is 4.95. The lowest BCUT2D eigenvalue weighted by Crippen LogP contribution is -2.45. The number of fused-ring (bicyclic) bond motifs is 1. The van der Waals surface area contributed by atoms with Crippen LogP contribution in [0.3, 0.4) is 0 Å². The molecule has 1 aliphatic heterocycles. The van der Waals surface area contributed by atoms with Crippen LogP contribution >= 0.6 is 12.2 Å². The van der Waals surface area contributed by atoms with E-state index in [2.05, 4.69) is 15.2 Å². The second-order valence-corrected chi connectivity index (χ2v) is 8.86. The van der Waals surface area contributed by atoms with Gasteiger partial charge in [-0.1, -0.05) is 25.0 Å². The topological polar surface area (TPSA) is 70.1 Å². The van der Waals surface area contributed by atoms with E-state index >= 15 is 0 Å². The second-order valence-electron chi connectivity index (χ2n) is 8.48. The average molecular weight is 415 g/mol. The van der Waals surface area contributed by atoms with E-state index < -0.39 is 0 Å². The first-order valence-corrected chi connectivity index (χ1v) is 11.2. The molecule has 1 aliphatic carbocycles. The van der Waals surface area contributed by atoms with E-state index in [0.29, 0.717) is 16.7 Å². The largest absolute Gasteiger partial charge is 0.353 e. The number of hydrogen-bond acceptors (Lipinski definition) is 4. The molecule has 1 saturated heterocycles. The number of H-pyrrole nitrogens is 1. The summed E-state index contributed by atoms with van der Waals surface area (Å²) in [5, 5.41) is 3.75. The molecule has 2 aromatic rings. The van der Waals surface area contributed by atoms with Crippen LogP contribution in [0.25, 0.3) is 10.9 Å². The van der Waals surface area contributed by atoms with Crippen molar-refractivity contribution in [2.45, 2.75) is 57.5 Å². The van der Waals surface area contributed by atoms with Gasteiger partial charge in [0.2, 0.25) is 5.91 Å². The zero-order chi connectivity index (χ0) is 20.2. The molecule has 156 valence electrons. The fourth-order valence-corrected chi connectivity index (χ4v) is 5.02. The van der Waals surface area contributed by atoms with Crippen molar-refractivity contribution in [1.82, 2.24) is 19.8 Å². The monoisotopic (exact) mass is 414 g/mol. The number of likely N-dealkylation sites (tertiary alicyclic amines) is 1. The van der Waals surface area contributed by atoms with Gasteiger partial charge in [0.15, 0.2) is 4.77 Å². The molecule has 1 amide bonds. The van der Waals surface area contributed by atoms with Gasteiger partial charge in [-0.2, -0.15) is 0 Å². The van der Waals surface area contributed by atoms with Crippen molar-refractivity contribution >= 4 is 29.0 Å². The van der Waals surface area contributed by atoms with Gasteiger partial charge >= 0.3 is 0 Å². The van der Waals surface area contributed by atoms with Crippen LogP contribution in [0.5, 0.6) is 0 Å². The van der Waals surface area contributed by atoms with E-state index in [4.69, 9.17) is 12.2 Å². The lowest BCUT2D eigenvalue weighted by atomic mass is 10.0. The standard InChI is InChI=1S/C22H30N4O2S/c27-20(23-17-9-12-25(13-10-17)15-16-5-1-2-6-16)11-14-26-21(28)18-7-3-4-8-19(18)24-22(26)29/h3-4,7-8,16-17H,1-2,5-6,9-15H2,(H,23,27)(H,24,29). The van der Waals surface area contributed by atoms with Gasteiger partial charge in [0.05, 0.1) is 10.9 Å². The van der Waals surface area contributed by atoms with Crippen LogP contribution in [0.4, 0.5) is 0 Å². The maximum atomic E-state index is 12.7. The Morgan fingerprint density at radius 3 is 2.62 bits per heavy atom. The zero-order valence-corrected chi connectivity index (χ0v) is 17.7. The summed E-state index contributed by atoms with van der Waals surface area (Å²) in [5.74, 6) is 0.875. The van der Waals surface area contributed by atoms with Crippen molar-refractivity contribution < 1.29 is 4.79 Å². The number of hydrogen-bond donors (Lipinski definition) is 2. The Labute approximate surface area is 176 Å². The van der Waals surface area contributed by atoms with Gasteiger partial charge in [0.25, 0.3) is 5.56 Å². The maximum absolute atomic E-state index is 12.7. The number of carbonyl (C=O) groups is 1. The first-order valence-electron chi connectivity index (χ1n) is 10.8. The van der Waals surface area contributed by atoms with Gasteiger partial charge in [0.1, 0.15) is 0 Å². The Balaban J connectivity index is 1.27. The SMILES string of the molecule is O=C(CCn1c(=S)[nH]c2ccccc2c1=O)NC1CCN(CC2CCCC2)CC1. The van der Waals surface area contributed by atoms with E-state index in [1.807, 2.05) is 18.2 Å². The highest BCUT2D eigenvalue weighted by atomic mass is 32.1. The molecule has 1 aromatic heterocycles. The van der Waals surface area contributed by atoms with Crippen LogP contribution in [-0.4, -0.2) is 46.0 Å². The Kier molecular flexibility index (Phi) is 6.45. The molecular formula is C22H30N4O2S. The van der Waals surface area contributed by atoms with Crippen molar-refractivity contribution in [3.05, 3.63) is 39.4 Å². The molecule has 2 N–H and O–H groups in total. The van der Waals surface area contributed by atoms with Crippen LogP contribution in [-0.2, 0) is 11.3 Å². The molecule has 1 saturated carbocycles. The molecule has 0 unspecified atom stereocenters. The minimum atomic E-state index is -0.141. The molecule has 0 radical (unpaired) electrons. The van der Waals surface area contributed by atoms with E-state index in [1.54, 1.807) is 6.07 Å². The summed E-state index contributed by atoms with van der Waals surface area (Å²) in [7, 11) is 0. The molecule has 29 heavy (non-hydrogen) atoms. The van der Waals surface area contributed by atoms with E-state index in [-0.39, 0.29) is 23.9 Å². The van der Waals surface area contributed by atoms with Crippen LogP contribution in [0, 0.1) is 10.7 Å². The number of carbonyl (C=O) groups excluding carboxylic acids is 1. The Morgan fingerprint density at radius 1 is 1.14 bits per heavy atom. The van der Waals surface area contributed by atoms with Gasteiger partial charge < -0.3 is 15.2 Å². The van der Waals surface area contributed by atoms with Crippen molar-refractivity contribution in [3.8, 4) is 0 Å². The summed E-state index contributed by atoms with van der Waals surface area (Å²) >= 11 is 5.32.